The van der Waals surface area contributed by atoms with Crippen molar-refractivity contribution in [2.75, 3.05) is 12.0 Å². The van der Waals surface area contributed by atoms with Crippen LogP contribution in [0.5, 0.6) is 0 Å². The number of nitrogens with two attached hydrogens (primary N) is 1. The van der Waals surface area contributed by atoms with Gasteiger partial charge in [0.2, 0.25) is 0 Å². The van der Waals surface area contributed by atoms with Crippen LogP contribution < -0.4 is 11.3 Å². The minimum absolute atomic E-state index is 0.109. The standard InChI is InChI=1S/C9H18N4O2S/c1-13-6-5-11-9(13)8(12-10)4-3-7-16(2,14)15/h5-6,8,12H,3-4,7,10H2,1-2H3. The van der Waals surface area contributed by atoms with Crippen molar-refractivity contribution in [3.63, 3.8) is 0 Å². The molecule has 0 aliphatic carbocycles. The molecular weight excluding hydrogens is 228 g/mol. The van der Waals surface area contributed by atoms with E-state index in [0.717, 1.165) is 5.82 Å². The maximum absolute atomic E-state index is 11.0. The number of nitrogens with one attached hydrogen (secondary N) is 1. The molecule has 0 bridgehead atoms. The summed E-state index contributed by atoms with van der Waals surface area (Å²) in [4.78, 5) is 4.17. The molecule has 6 nitrogen and oxygen atoms in total. The first-order valence-electron chi connectivity index (χ1n) is 5.05. The molecule has 16 heavy (non-hydrogen) atoms. The maximum Gasteiger partial charge on any atom is 0.147 e. The zero-order chi connectivity index (χ0) is 12.2. The van der Waals surface area contributed by atoms with E-state index < -0.39 is 9.84 Å². The Bertz CT molecular complexity index is 426. The monoisotopic (exact) mass is 246 g/mol. The van der Waals surface area contributed by atoms with Gasteiger partial charge in [0.15, 0.2) is 0 Å². The zero-order valence-corrected chi connectivity index (χ0v) is 10.4. The van der Waals surface area contributed by atoms with Crippen molar-refractivity contribution in [3.8, 4) is 0 Å². The van der Waals surface area contributed by atoms with Crippen molar-refractivity contribution in [2.24, 2.45) is 12.9 Å². The van der Waals surface area contributed by atoms with E-state index in [1.807, 2.05) is 17.8 Å². The molecule has 3 N–H and O–H groups in total. The van der Waals surface area contributed by atoms with Crippen LogP contribution in [0, 0.1) is 0 Å². The molecule has 1 atom stereocenters. The molecular formula is C9H18N4O2S. The van der Waals surface area contributed by atoms with E-state index in [1.165, 1.54) is 6.26 Å². The molecule has 0 radical (unpaired) electrons. The normalized spacial score (nSPS) is 13.9. The van der Waals surface area contributed by atoms with Crippen molar-refractivity contribution >= 4 is 9.84 Å². The van der Waals surface area contributed by atoms with Gasteiger partial charge >= 0.3 is 0 Å². The predicted octanol–water partition coefficient (Wildman–Crippen LogP) is -0.251. The second-order valence-corrected chi connectivity index (χ2v) is 6.15. The first-order chi connectivity index (χ1) is 7.44. The Kier molecular flexibility index (Phi) is 4.45. The van der Waals surface area contributed by atoms with Gasteiger partial charge in [0.25, 0.3) is 0 Å². The van der Waals surface area contributed by atoms with Gasteiger partial charge in [-0.1, -0.05) is 0 Å². The molecule has 0 aliphatic heterocycles. The average Bonchev–Trinajstić information content (AvgIpc) is 2.58. The summed E-state index contributed by atoms with van der Waals surface area (Å²) in [5, 5.41) is 0. The van der Waals surface area contributed by atoms with Crippen molar-refractivity contribution in [3.05, 3.63) is 18.2 Å². The Balaban J connectivity index is 2.54. The lowest BCUT2D eigenvalue weighted by molar-refractivity contribution is 0.472. The minimum Gasteiger partial charge on any atom is -0.337 e. The minimum atomic E-state index is -2.90. The van der Waals surface area contributed by atoms with Crippen LogP contribution >= 0.6 is 0 Å². The third-order valence-electron chi connectivity index (χ3n) is 2.38. The molecule has 1 heterocycles. The van der Waals surface area contributed by atoms with Gasteiger partial charge in [-0.2, -0.15) is 0 Å². The Hall–Kier alpha value is -0.920. The highest BCUT2D eigenvalue weighted by Crippen LogP contribution is 2.15. The summed E-state index contributed by atoms with van der Waals surface area (Å²) in [5.41, 5.74) is 2.65. The molecule has 0 aromatic carbocycles. The second-order valence-electron chi connectivity index (χ2n) is 3.89. The lowest BCUT2D eigenvalue weighted by atomic mass is 10.1. The van der Waals surface area contributed by atoms with Crippen LogP contribution in [-0.2, 0) is 16.9 Å². The SMILES string of the molecule is Cn1ccnc1C(CCCS(C)(=O)=O)NN. The van der Waals surface area contributed by atoms with Gasteiger partial charge in [-0.3, -0.25) is 5.84 Å². The van der Waals surface area contributed by atoms with Crippen LogP contribution in [0.2, 0.25) is 0 Å². The Morgan fingerprint density at radius 2 is 2.31 bits per heavy atom. The highest BCUT2D eigenvalue weighted by molar-refractivity contribution is 7.90. The van der Waals surface area contributed by atoms with Crippen LogP contribution in [-0.4, -0.2) is 30.0 Å². The Morgan fingerprint density at radius 3 is 2.75 bits per heavy atom. The number of sulfone groups is 1. The first-order valence-corrected chi connectivity index (χ1v) is 7.11. The number of rotatable bonds is 6. The van der Waals surface area contributed by atoms with E-state index in [2.05, 4.69) is 10.4 Å². The second kappa shape index (κ2) is 5.42. The van der Waals surface area contributed by atoms with Gasteiger partial charge in [0.05, 0.1) is 6.04 Å². The van der Waals surface area contributed by atoms with Gasteiger partial charge in [-0.15, -0.1) is 0 Å². The van der Waals surface area contributed by atoms with E-state index in [9.17, 15) is 8.42 Å². The van der Waals surface area contributed by atoms with Gasteiger partial charge in [-0.25, -0.2) is 18.8 Å². The average molecular weight is 246 g/mol. The van der Waals surface area contributed by atoms with E-state index in [1.54, 1.807) is 6.20 Å². The summed E-state index contributed by atoms with van der Waals surface area (Å²) in [5.74, 6) is 6.42. The zero-order valence-electron chi connectivity index (χ0n) is 9.55. The first kappa shape index (κ1) is 13.1. The number of nitrogens with zero attached hydrogens (tertiary/aromatic N) is 2. The molecule has 1 aromatic heterocycles. The molecule has 0 fully saturated rings. The maximum atomic E-state index is 11.0. The molecule has 0 amide bonds. The van der Waals surface area contributed by atoms with Crippen LogP contribution in [0.15, 0.2) is 12.4 Å². The number of imidazole rings is 1. The predicted molar refractivity (Wildman–Crippen MR) is 62.2 cm³/mol. The van der Waals surface area contributed by atoms with Crippen LogP contribution in [0.1, 0.15) is 24.7 Å². The van der Waals surface area contributed by atoms with E-state index >= 15 is 0 Å². The number of hydrogen-bond donors (Lipinski definition) is 2. The van der Waals surface area contributed by atoms with Crippen LogP contribution in [0.3, 0.4) is 0 Å². The Labute approximate surface area is 95.7 Å². The van der Waals surface area contributed by atoms with E-state index in [0.29, 0.717) is 12.8 Å². The van der Waals surface area contributed by atoms with Crippen molar-refractivity contribution in [1.29, 1.82) is 0 Å². The summed E-state index contributed by atoms with van der Waals surface area (Å²) >= 11 is 0. The lowest BCUT2D eigenvalue weighted by Gasteiger charge is -2.15. The summed E-state index contributed by atoms with van der Waals surface area (Å²) in [6.45, 7) is 0. The van der Waals surface area contributed by atoms with Gasteiger partial charge in [-0.05, 0) is 12.8 Å². The molecule has 0 spiro atoms. The third-order valence-corrected chi connectivity index (χ3v) is 3.41. The molecule has 0 saturated heterocycles. The number of hydrazine groups is 1. The topological polar surface area (TPSA) is 90.0 Å². The third kappa shape index (κ3) is 3.92. The summed E-state index contributed by atoms with van der Waals surface area (Å²) in [6, 6.07) is -0.109. The van der Waals surface area contributed by atoms with Crippen molar-refractivity contribution in [1.82, 2.24) is 15.0 Å². The van der Waals surface area contributed by atoms with Crippen molar-refractivity contribution in [2.45, 2.75) is 18.9 Å². The molecule has 0 saturated carbocycles. The smallest absolute Gasteiger partial charge is 0.147 e. The number of hydrogen-bond acceptors (Lipinski definition) is 5. The van der Waals surface area contributed by atoms with Crippen molar-refractivity contribution < 1.29 is 8.42 Å². The molecule has 0 aliphatic rings. The van der Waals surface area contributed by atoms with E-state index in [4.69, 9.17) is 5.84 Å². The highest BCUT2D eigenvalue weighted by Gasteiger charge is 2.14. The quantitative estimate of drug-likeness (QED) is 0.533. The summed E-state index contributed by atoms with van der Waals surface area (Å²) < 4.78 is 23.8. The van der Waals surface area contributed by atoms with E-state index in [-0.39, 0.29) is 11.8 Å². The molecule has 1 aromatic rings. The summed E-state index contributed by atoms with van der Waals surface area (Å²) in [7, 11) is -1.02. The molecule has 92 valence electrons. The van der Waals surface area contributed by atoms with Gasteiger partial charge in [0, 0.05) is 31.4 Å². The molecule has 1 rings (SSSR count). The fraction of sp³-hybridized carbons (Fsp3) is 0.667. The fourth-order valence-electron chi connectivity index (χ4n) is 1.55. The van der Waals surface area contributed by atoms with Gasteiger partial charge < -0.3 is 4.57 Å². The molecule has 7 heteroatoms. The van der Waals surface area contributed by atoms with Gasteiger partial charge in [0.1, 0.15) is 15.7 Å². The molecule has 1 unspecified atom stereocenters. The largest absolute Gasteiger partial charge is 0.337 e. The lowest BCUT2D eigenvalue weighted by Crippen LogP contribution is -2.30. The van der Waals surface area contributed by atoms with Crippen LogP contribution in [0.4, 0.5) is 0 Å². The summed E-state index contributed by atoms with van der Waals surface area (Å²) in [6.07, 6.45) is 5.97. The number of aryl methyl sites for hydroxylation is 1. The fourth-order valence-corrected chi connectivity index (χ4v) is 2.24. The Morgan fingerprint density at radius 1 is 1.62 bits per heavy atom. The number of aromatic nitrogens is 2. The highest BCUT2D eigenvalue weighted by atomic mass is 32.2. The van der Waals surface area contributed by atoms with Crippen LogP contribution in [0.25, 0.3) is 0 Å².